The highest BCUT2D eigenvalue weighted by molar-refractivity contribution is 6.01. The third-order valence-electron chi connectivity index (χ3n) is 6.06. The predicted octanol–water partition coefficient (Wildman–Crippen LogP) is 4.79. The van der Waals surface area contributed by atoms with E-state index < -0.39 is 5.97 Å². The van der Waals surface area contributed by atoms with Crippen LogP contribution in [-0.4, -0.2) is 35.7 Å². The summed E-state index contributed by atoms with van der Waals surface area (Å²) in [5.41, 5.74) is 3.96. The van der Waals surface area contributed by atoms with Gasteiger partial charge in [-0.05, 0) is 53.0 Å². The van der Waals surface area contributed by atoms with Crippen molar-refractivity contribution >= 4 is 11.7 Å². The molecule has 0 saturated carbocycles. The summed E-state index contributed by atoms with van der Waals surface area (Å²) in [5.74, 6) is -0.517. The SMILES string of the molecule is COC(=O)c1ccc(OC/C(=N/O)c2ccc3c(c2)C(C)(C)CCC3(C)C)cc1O. The molecule has 0 bridgehead atoms. The maximum Gasteiger partial charge on any atom is 0.341 e. The van der Waals surface area contributed by atoms with Crippen LogP contribution >= 0.6 is 0 Å². The van der Waals surface area contributed by atoms with E-state index in [9.17, 15) is 15.1 Å². The summed E-state index contributed by atoms with van der Waals surface area (Å²) in [6.45, 7) is 9.01. The normalized spacial score (nSPS) is 17.2. The lowest BCUT2D eigenvalue weighted by Gasteiger charge is -2.42. The predicted molar refractivity (Wildman–Crippen MR) is 115 cm³/mol. The maximum absolute atomic E-state index is 11.6. The minimum absolute atomic E-state index is 0.0100. The van der Waals surface area contributed by atoms with E-state index in [1.807, 2.05) is 6.07 Å². The van der Waals surface area contributed by atoms with Gasteiger partial charge in [-0.1, -0.05) is 45.0 Å². The third kappa shape index (κ3) is 4.13. The quantitative estimate of drug-likeness (QED) is 0.320. The fourth-order valence-electron chi connectivity index (χ4n) is 3.97. The number of benzene rings is 2. The van der Waals surface area contributed by atoms with Gasteiger partial charge in [0.05, 0.1) is 7.11 Å². The number of esters is 1. The molecule has 2 aromatic carbocycles. The summed E-state index contributed by atoms with van der Waals surface area (Å²) < 4.78 is 10.3. The highest BCUT2D eigenvalue weighted by atomic mass is 16.5. The van der Waals surface area contributed by atoms with Crippen molar-refractivity contribution in [2.45, 2.75) is 51.4 Å². The number of rotatable bonds is 5. The van der Waals surface area contributed by atoms with Crippen molar-refractivity contribution in [3.63, 3.8) is 0 Å². The van der Waals surface area contributed by atoms with Gasteiger partial charge in [-0.25, -0.2) is 4.79 Å². The molecule has 0 radical (unpaired) electrons. The maximum atomic E-state index is 11.6. The molecule has 160 valence electrons. The Morgan fingerprint density at radius 3 is 2.30 bits per heavy atom. The summed E-state index contributed by atoms with van der Waals surface area (Å²) in [4.78, 5) is 11.6. The first-order valence-corrected chi connectivity index (χ1v) is 9.99. The van der Waals surface area contributed by atoms with E-state index >= 15 is 0 Å². The fraction of sp³-hybridized carbons (Fsp3) is 0.417. The van der Waals surface area contributed by atoms with E-state index in [2.05, 4.69) is 49.7 Å². The number of aromatic hydroxyl groups is 1. The van der Waals surface area contributed by atoms with Crippen LogP contribution < -0.4 is 4.74 Å². The molecule has 0 fully saturated rings. The number of nitrogens with zero attached hydrogens (tertiary/aromatic N) is 1. The molecule has 6 nitrogen and oxygen atoms in total. The van der Waals surface area contributed by atoms with Crippen LogP contribution in [-0.2, 0) is 15.6 Å². The molecule has 2 N–H and O–H groups in total. The van der Waals surface area contributed by atoms with Crippen molar-refractivity contribution in [1.29, 1.82) is 0 Å². The minimum atomic E-state index is -0.628. The molecular weight excluding hydrogens is 382 g/mol. The van der Waals surface area contributed by atoms with Crippen LogP contribution in [0.1, 0.15) is 67.6 Å². The molecule has 0 unspecified atom stereocenters. The number of hydrogen-bond acceptors (Lipinski definition) is 6. The second-order valence-corrected chi connectivity index (χ2v) is 9.03. The number of phenolic OH excluding ortho intramolecular Hbond substituents is 1. The summed E-state index contributed by atoms with van der Waals surface area (Å²) >= 11 is 0. The zero-order chi connectivity index (χ0) is 22.1. The summed E-state index contributed by atoms with van der Waals surface area (Å²) in [6, 6.07) is 10.5. The van der Waals surface area contributed by atoms with Gasteiger partial charge >= 0.3 is 5.97 Å². The Hall–Kier alpha value is -3.02. The molecule has 1 aliphatic carbocycles. The van der Waals surface area contributed by atoms with Crippen LogP contribution in [0.15, 0.2) is 41.6 Å². The monoisotopic (exact) mass is 411 g/mol. The zero-order valence-corrected chi connectivity index (χ0v) is 18.2. The molecule has 6 heteroatoms. The molecule has 0 aromatic heterocycles. The van der Waals surface area contributed by atoms with Crippen LogP contribution in [0.2, 0.25) is 0 Å². The first-order valence-electron chi connectivity index (χ1n) is 9.99. The molecule has 0 saturated heterocycles. The number of fused-ring (bicyclic) bond motifs is 1. The van der Waals surface area contributed by atoms with Crippen LogP contribution in [0.4, 0.5) is 0 Å². The van der Waals surface area contributed by atoms with Crippen molar-refractivity contribution < 1.29 is 24.6 Å². The standard InChI is InChI=1S/C24H29NO5/c1-23(2)10-11-24(3,4)19-12-15(6-9-18(19)23)20(25-28)14-30-16-7-8-17(21(26)13-16)22(27)29-5/h6-9,12-13,26,28H,10-11,14H2,1-5H3/b25-20-. The van der Waals surface area contributed by atoms with Crippen LogP contribution in [0.3, 0.4) is 0 Å². The Morgan fingerprint density at radius 2 is 1.70 bits per heavy atom. The van der Waals surface area contributed by atoms with Crippen LogP contribution in [0, 0.1) is 0 Å². The molecule has 0 spiro atoms. The Kier molecular flexibility index (Phi) is 5.79. The number of methoxy groups -OCH3 is 1. The van der Waals surface area contributed by atoms with Gasteiger partial charge in [-0.2, -0.15) is 0 Å². The van der Waals surface area contributed by atoms with E-state index in [1.165, 1.54) is 30.4 Å². The van der Waals surface area contributed by atoms with Crippen LogP contribution in [0.5, 0.6) is 11.5 Å². The van der Waals surface area contributed by atoms with Crippen molar-refractivity contribution in [3.05, 3.63) is 58.7 Å². The van der Waals surface area contributed by atoms with Crippen molar-refractivity contribution in [3.8, 4) is 11.5 Å². The minimum Gasteiger partial charge on any atom is -0.507 e. The van der Waals surface area contributed by atoms with Crippen molar-refractivity contribution in [1.82, 2.24) is 0 Å². The van der Waals surface area contributed by atoms with Crippen molar-refractivity contribution in [2.24, 2.45) is 5.16 Å². The van der Waals surface area contributed by atoms with E-state index in [1.54, 1.807) is 6.07 Å². The zero-order valence-electron chi connectivity index (χ0n) is 18.2. The average molecular weight is 411 g/mol. The first-order chi connectivity index (χ1) is 14.1. The molecule has 2 aromatic rings. The molecule has 1 aliphatic rings. The second-order valence-electron chi connectivity index (χ2n) is 9.03. The van der Waals surface area contributed by atoms with E-state index in [4.69, 9.17) is 4.74 Å². The molecular formula is C24H29NO5. The van der Waals surface area contributed by atoms with Gasteiger partial charge in [0.1, 0.15) is 29.4 Å². The van der Waals surface area contributed by atoms with E-state index in [0.717, 1.165) is 18.4 Å². The number of hydrogen-bond donors (Lipinski definition) is 2. The number of oxime groups is 1. The van der Waals surface area contributed by atoms with E-state index in [0.29, 0.717) is 11.5 Å². The number of carbonyl (C=O) groups is 1. The summed E-state index contributed by atoms with van der Waals surface area (Å²) in [6.07, 6.45) is 2.21. The topological polar surface area (TPSA) is 88.4 Å². The van der Waals surface area contributed by atoms with Gasteiger partial charge in [0.2, 0.25) is 0 Å². The highest BCUT2D eigenvalue weighted by Gasteiger charge is 2.37. The summed E-state index contributed by atoms with van der Waals surface area (Å²) in [7, 11) is 1.25. The number of carbonyl (C=O) groups excluding carboxylic acids is 1. The second kappa shape index (κ2) is 8.01. The summed E-state index contributed by atoms with van der Waals surface area (Å²) in [5, 5.41) is 23.0. The molecule has 0 heterocycles. The Balaban J connectivity index is 1.83. The smallest absolute Gasteiger partial charge is 0.341 e. The van der Waals surface area contributed by atoms with Crippen molar-refractivity contribution in [2.75, 3.05) is 13.7 Å². The lowest BCUT2D eigenvalue weighted by Crippen LogP contribution is -2.34. The highest BCUT2D eigenvalue weighted by Crippen LogP contribution is 2.45. The molecule has 0 amide bonds. The molecule has 0 aliphatic heterocycles. The molecule has 0 atom stereocenters. The largest absolute Gasteiger partial charge is 0.507 e. The van der Waals surface area contributed by atoms with Gasteiger partial charge in [0.25, 0.3) is 0 Å². The number of phenols is 1. The molecule has 3 rings (SSSR count). The lowest BCUT2D eigenvalue weighted by atomic mass is 9.63. The van der Waals surface area contributed by atoms with E-state index in [-0.39, 0.29) is 28.7 Å². The Morgan fingerprint density at radius 1 is 1.03 bits per heavy atom. The van der Waals surface area contributed by atoms with Gasteiger partial charge in [-0.15, -0.1) is 0 Å². The first kappa shape index (κ1) is 21.7. The number of ether oxygens (including phenoxy) is 2. The lowest BCUT2D eigenvalue weighted by molar-refractivity contribution is 0.0597. The molecule has 30 heavy (non-hydrogen) atoms. The van der Waals surface area contributed by atoms with Gasteiger partial charge in [-0.3, -0.25) is 0 Å². The van der Waals surface area contributed by atoms with Gasteiger partial charge in [0.15, 0.2) is 0 Å². The average Bonchev–Trinajstić information content (AvgIpc) is 2.71. The fourth-order valence-corrected chi connectivity index (χ4v) is 3.97. The Bertz CT molecular complexity index is 991. The van der Waals surface area contributed by atoms with Gasteiger partial charge in [0, 0.05) is 11.6 Å². The Labute approximate surface area is 177 Å². The van der Waals surface area contributed by atoms with Gasteiger partial charge < -0.3 is 19.8 Å². The third-order valence-corrected chi connectivity index (χ3v) is 6.06. The van der Waals surface area contributed by atoms with Crippen LogP contribution in [0.25, 0.3) is 0 Å².